The van der Waals surface area contributed by atoms with Gasteiger partial charge in [-0.3, -0.25) is 34.0 Å². The Morgan fingerprint density at radius 3 is 2.29 bits per heavy atom. The molecule has 9 nitrogen and oxygen atoms in total. The Morgan fingerprint density at radius 2 is 1.71 bits per heavy atom. The van der Waals surface area contributed by atoms with Crippen LogP contribution in [0, 0.1) is 0 Å². The minimum atomic E-state index is -0.869. The first-order valence-corrected chi connectivity index (χ1v) is 8.46. The summed E-state index contributed by atoms with van der Waals surface area (Å²) < 4.78 is 5.66. The zero-order valence-corrected chi connectivity index (χ0v) is 15.8. The van der Waals surface area contributed by atoms with Crippen molar-refractivity contribution in [1.82, 2.24) is 14.9 Å². The number of nitrogens with one attached hydrogen (secondary N) is 2. The van der Waals surface area contributed by atoms with E-state index in [4.69, 9.17) is 4.74 Å². The number of hydrogen-bond donors (Lipinski definition) is 2. The van der Waals surface area contributed by atoms with Crippen molar-refractivity contribution in [3.63, 3.8) is 0 Å². The minimum Gasteiger partial charge on any atom is -0.454 e. The molecule has 0 aliphatic heterocycles. The first-order chi connectivity index (χ1) is 13.1. The van der Waals surface area contributed by atoms with Gasteiger partial charge in [0.15, 0.2) is 6.61 Å². The quantitative estimate of drug-likeness (QED) is 0.712. The summed E-state index contributed by atoms with van der Waals surface area (Å²) in [6.45, 7) is 4.97. The van der Waals surface area contributed by atoms with Gasteiger partial charge >= 0.3 is 11.7 Å². The van der Waals surface area contributed by atoms with E-state index in [9.17, 15) is 24.0 Å². The van der Waals surface area contributed by atoms with E-state index in [2.05, 4.69) is 5.32 Å². The summed E-state index contributed by atoms with van der Waals surface area (Å²) >= 11 is 0. The summed E-state index contributed by atoms with van der Waals surface area (Å²) in [5.74, 6) is -2.28. The largest absolute Gasteiger partial charge is 0.454 e. The molecule has 0 saturated heterocycles. The molecule has 0 unspecified atom stereocenters. The number of carbonyl (C=O) groups is 3. The molecule has 1 aromatic carbocycles. The van der Waals surface area contributed by atoms with Crippen LogP contribution in [-0.2, 0) is 26.3 Å². The number of ether oxygens (including phenoxy) is 1. The van der Waals surface area contributed by atoms with Gasteiger partial charge in [0.25, 0.3) is 17.4 Å². The molecule has 1 aromatic heterocycles. The van der Waals surface area contributed by atoms with Gasteiger partial charge in [0, 0.05) is 17.8 Å². The highest BCUT2D eigenvalue weighted by Crippen LogP contribution is 2.22. The second kappa shape index (κ2) is 8.47. The van der Waals surface area contributed by atoms with Crippen molar-refractivity contribution in [2.75, 3.05) is 6.61 Å². The third-order valence-corrected chi connectivity index (χ3v) is 3.83. The van der Waals surface area contributed by atoms with Crippen molar-refractivity contribution in [1.29, 1.82) is 0 Å². The van der Waals surface area contributed by atoms with E-state index in [0.29, 0.717) is 5.56 Å². The van der Waals surface area contributed by atoms with Crippen LogP contribution in [0.4, 0.5) is 0 Å². The Morgan fingerprint density at radius 1 is 1.07 bits per heavy atom. The average molecular weight is 387 g/mol. The molecule has 1 heterocycles. The van der Waals surface area contributed by atoms with E-state index in [1.807, 2.05) is 25.8 Å². The van der Waals surface area contributed by atoms with E-state index in [1.165, 1.54) is 0 Å². The van der Waals surface area contributed by atoms with E-state index in [-0.39, 0.29) is 5.41 Å². The molecular formula is C19H21N3O6. The number of aromatic amines is 1. The van der Waals surface area contributed by atoms with E-state index >= 15 is 0 Å². The molecule has 0 fully saturated rings. The van der Waals surface area contributed by atoms with Crippen LogP contribution >= 0.6 is 0 Å². The van der Waals surface area contributed by atoms with Gasteiger partial charge in [-0.25, -0.2) is 4.79 Å². The zero-order chi connectivity index (χ0) is 20.9. The van der Waals surface area contributed by atoms with Crippen LogP contribution in [0.5, 0.6) is 0 Å². The van der Waals surface area contributed by atoms with E-state index in [0.717, 1.165) is 22.4 Å². The molecular weight excluding hydrogens is 366 g/mol. The lowest BCUT2D eigenvalue weighted by Gasteiger charge is -2.19. The third kappa shape index (κ3) is 5.76. The number of H-pyrrole nitrogens is 1. The van der Waals surface area contributed by atoms with Crippen molar-refractivity contribution < 1.29 is 19.1 Å². The van der Waals surface area contributed by atoms with Gasteiger partial charge < -0.3 is 4.74 Å². The molecule has 9 heteroatoms. The first kappa shape index (κ1) is 20.8. The molecule has 0 radical (unpaired) electrons. The number of carbonyl (C=O) groups excluding carboxylic acids is 3. The Kier molecular flexibility index (Phi) is 6.29. The van der Waals surface area contributed by atoms with Gasteiger partial charge in [-0.05, 0) is 23.1 Å². The van der Waals surface area contributed by atoms with Crippen LogP contribution in [-0.4, -0.2) is 33.9 Å². The van der Waals surface area contributed by atoms with Crippen molar-refractivity contribution >= 4 is 17.8 Å². The van der Waals surface area contributed by atoms with Gasteiger partial charge in [-0.15, -0.1) is 0 Å². The normalized spacial score (nSPS) is 11.0. The highest BCUT2D eigenvalue weighted by atomic mass is 16.5. The molecule has 2 N–H and O–H groups in total. The molecule has 28 heavy (non-hydrogen) atoms. The number of hydrogen-bond acceptors (Lipinski definition) is 6. The number of nitrogens with zero attached hydrogens (tertiary/aromatic N) is 1. The van der Waals surface area contributed by atoms with Crippen LogP contribution in [0.2, 0.25) is 0 Å². The molecule has 2 amide bonds. The smallest absolute Gasteiger partial charge is 0.328 e. The van der Waals surface area contributed by atoms with Crippen molar-refractivity contribution in [2.45, 2.75) is 32.7 Å². The molecule has 0 aliphatic carbocycles. The Hall–Kier alpha value is -3.49. The number of amides is 2. The maximum atomic E-state index is 12.1. The van der Waals surface area contributed by atoms with Gasteiger partial charge in [-0.1, -0.05) is 32.9 Å². The number of esters is 1. The van der Waals surface area contributed by atoms with Crippen molar-refractivity contribution in [2.24, 2.45) is 0 Å². The minimum absolute atomic E-state index is 0.0627. The molecule has 0 saturated carbocycles. The summed E-state index contributed by atoms with van der Waals surface area (Å²) in [5, 5.41) is 2.12. The first-order valence-electron chi connectivity index (χ1n) is 8.46. The predicted molar refractivity (Wildman–Crippen MR) is 99.9 cm³/mol. The average Bonchev–Trinajstić information content (AvgIpc) is 2.62. The Bertz CT molecular complexity index is 996. The number of rotatable bonds is 5. The molecule has 148 valence electrons. The van der Waals surface area contributed by atoms with Crippen LogP contribution in [0.1, 0.15) is 36.7 Å². The van der Waals surface area contributed by atoms with Crippen molar-refractivity contribution in [3.8, 4) is 0 Å². The number of imide groups is 1. The molecule has 0 aliphatic rings. The molecule has 2 rings (SSSR count). The monoisotopic (exact) mass is 387 g/mol. The van der Waals surface area contributed by atoms with Crippen LogP contribution in [0.3, 0.4) is 0 Å². The van der Waals surface area contributed by atoms with Gasteiger partial charge in [0.05, 0.1) is 0 Å². The second-order valence-electron chi connectivity index (χ2n) is 7.10. The van der Waals surface area contributed by atoms with Gasteiger partial charge in [0.1, 0.15) is 6.54 Å². The Labute approximate surface area is 160 Å². The van der Waals surface area contributed by atoms with E-state index < -0.39 is 42.2 Å². The highest BCUT2D eigenvalue weighted by molar-refractivity contribution is 6.05. The number of aromatic nitrogens is 2. The Balaban J connectivity index is 1.86. The fraction of sp³-hybridized carbons (Fsp3) is 0.316. The van der Waals surface area contributed by atoms with Crippen LogP contribution < -0.4 is 16.6 Å². The maximum absolute atomic E-state index is 12.1. The van der Waals surface area contributed by atoms with Crippen molar-refractivity contribution in [3.05, 3.63) is 68.5 Å². The standard InChI is InChI=1S/C19H21N3O6/c1-19(2,3)13-6-4-12(5-7-13)17(26)20-15(24)11-28-16(25)10-22-9-8-14(23)21-18(22)27/h4-9H,10-11H2,1-3H3,(H,20,24,26)(H,21,23,27). The second-order valence-corrected chi connectivity index (χ2v) is 7.10. The lowest BCUT2D eigenvalue weighted by molar-refractivity contribution is -0.149. The lowest BCUT2D eigenvalue weighted by atomic mass is 9.87. The summed E-state index contributed by atoms with van der Waals surface area (Å²) in [6, 6.07) is 7.91. The number of benzene rings is 1. The summed E-state index contributed by atoms with van der Waals surface area (Å²) in [6.07, 6.45) is 1.13. The van der Waals surface area contributed by atoms with Gasteiger partial charge in [-0.2, -0.15) is 0 Å². The highest BCUT2D eigenvalue weighted by Gasteiger charge is 2.16. The summed E-state index contributed by atoms with van der Waals surface area (Å²) in [5.41, 5.74) is -0.0904. The molecule has 0 atom stereocenters. The predicted octanol–water partition coefficient (Wildman–Crippen LogP) is 0.334. The maximum Gasteiger partial charge on any atom is 0.328 e. The molecule has 0 spiro atoms. The summed E-state index contributed by atoms with van der Waals surface area (Å²) in [7, 11) is 0. The third-order valence-electron chi connectivity index (χ3n) is 3.83. The van der Waals surface area contributed by atoms with E-state index in [1.54, 1.807) is 24.3 Å². The zero-order valence-electron chi connectivity index (χ0n) is 15.8. The fourth-order valence-corrected chi connectivity index (χ4v) is 2.26. The SMILES string of the molecule is CC(C)(C)c1ccc(C(=O)NC(=O)COC(=O)Cn2ccc(=O)[nH]c2=O)cc1. The molecule has 2 aromatic rings. The van der Waals surface area contributed by atoms with Crippen LogP contribution in [0.15, 0.2) is 46.1 Å². The lowest BCUT2D eigenvalue weighted by Crippen LogP contribution is -2.35. The summed E-state index contributed by atoms with van der Waals surface area (Å²) in [4.78, 5) is 60.0. The fourth-order valence-electron chi connectivity index (χ4n) is 2.26. The van der Waals surface area contributed by atoms with Crippen LogP contribution in [0.25, 0.3) is 0 Å². The molecule has 0 bridgehead atoms. The topological polar surface area (TPSA) is 127 Å². The van der Waals surface area contributed by atoms with Gasteiger partial charge in [0.2, 0.25) is 0 Å².